The van der Waals surface area contributed by atoms with Crippen molar-refractivity contribution in [3.05, 3.63) is 94.0 Å². The average Bonchev–Trinajstić information content (AvgIpc) is 3.18. The third kappa shape index (κ3) is 4.75. The second-order valence-corrected chi connectivity index (χ2v) is 8.43. The first-order valence-electron chi connectivity index (χ1n) is 11.4. The number of hydrogen-bond acceptors (Lipinski definition) is 7. The van der Waals surface area contributed by atoms with Crippen LogP contribution in [0.15, 0.2) is 72.3 Å². The molecule has 0 radical (unpaired) electrons. The summed E-state index contributed by atoms with van der Waals surface area (Å²) in [7, 11) is 2.71. The Labute approximate surface area is 218 Å². The summed E-state index contributed by atoms with van der Waals surface area (Å²) in [5, 5.41) is 11.6. The highest BCUT2D eigenvalue weighted by Crippen LogP contribution is 2.45. The maximum atomic E-state index is 13.5. The zero-order chi connectivity index (χ0) is 26.7. The van der Waals surface area contributed by atoms with Gasteiger partial charge in [-0.25, -0.2) is 4.79 Å². The number of halogens is 1. The highest BCUT2D eigenvalue weighted by Gasteiger charge is 2.48. The van der Waals surface area contributed by atoms with Crippen LogP contribution in [0, 0.1) is 0 Å². The number of ether oxygens (including phenoxy) is 3. The number of aliphatic hydroxyl groups excluding tert-OH is 1. The van der Waals surface area contributed by atoms with Crippen molar-refractivity contribution in [3.63, 3.8) is 0 Å². The standard InChI is InChI=1S/C28H24ClNO7/c1-4-37-18-12-13-21(29)20(15-18)25(31)23-24(19-10-5-6-11-22(19)35-2)30(27(33)26(23)32)17-9-7-8-16(14-17)28(34)36-3/h5-15,24,31H,4H2,1-3H3/b25-23+. The van der Waals surface area contributed by atoms with Crippen molar-refractivity contribution in [1.29, 1.82) is 0 Å². The highest BCUT2D eigenvalue weighted by molar-refractivity contribution is 6.52. The topological polar surface area (TPSA) is 102 Å². The molecule has 1 heterocycles. The van der Waals surface area contributed by atoms with Crippen molar-refractivity contribution in [3.8, 4) is 11.5 Å². The summed E-state index contributed by atoms with van der Waals surface area (Å²) in [4.78, 5) is 40.3. The maximum absolute atomic E-state index is 13.5. The number of hydrogen-bond donors (Lipinski definition) is 1. The van der Waals surface area contributed by atoms with Gasteiger partial charge in [0.25, 0.3) is 11.7 Å². The molecule has 1 saturated heterocycles. The first kappa shape index (κ1) is 25.8. The molecule has 0 aromatic heterocycles. The fourth-order valence-corrected chi connectivity index (χ4v) is 4.48. The number of anilines is 1. The Morgan fingerprint density at radius 2 is 1.78 bits per heavy atom. The van der Waals surface area contributed by atoms with Crippen molar-refractivity contribution in [1.82, 2.24) is 0 Å². The first-order chi connectivity index (χ1) is 17.8. The summed E-state index contributed by atoms with van der Waals surface area (Å²) in [6.07, 6.45) is 0. The number of Topliss-reactive ketones (excluding diaryl/α,β-unsaturated/α-hetero) is 1. The largest absolute Gasteiger partial charge is 0.507 e. The summed E-state index contributed by atoms with van der Waals surface area (Å²) in [5.74, 6) is -2.06. The lowest BCUT2D eigenvalue weighted by molar-refractivity contribution is -0.132. The molecular weight excluding hydrogens is 498 g/mol. The number of nitrogens with zero attached hydrogens (tertiary/aromatic N) is 1. The molecule has 1 N–H and O–H groups in total. The normalized spacial score (nSPS) is 16.5. The van der Waals surface area contributed by atoms with E-state index in [1.807, 2.05) is 6.92 Å². The van der Waals surface area contributed by atoms with Crippen molar-refractivity contribution in [2.75, 3.05) is 25.7 Å². The van der Waals surface area contributed by atoms with Crippen molar-refractivity contribution >= 4 is 40.7 Å². The zero-order valence-corrected chi connectivity index (χ0v) is 21.1. The molecule has 1 aliphatic rings. The smallest absolute Gasteiger partial charge is 0.337 e. The predicted octanol–water partition coefficient (Wildman–Crippen LogP) is 5.16. The number of methoxy groups -OCH3 is 2. The average molecular weight is 522 g/mol. The molecule has 3 aromatic rings. The van der Waals surface area contributed by atoms with Crippen molar-refractivity contribution in [2.24, 2.45) is 0 Å². The van der Waals surface area contributed by atoms with Crippen LogP contribution in [0.4, 0.5) is 5.69 Å². The molecule has 1 atom stereocenters. The summed E-state index contributed by atoms with van der Waals surface area (Å²) >= 11 is 6.40. The van der Waals surface area contributed by atoms with Crippen molar-refractivity contribution in [2.45, 2.75) is 13.0 Å². The molecule has 190 valence electrons. The third-order valence-electron chi connectivity index (χ3n) is 5.93. The van der Waals surface area contributed by atoms with Gasteiger partial charge in [-0.2, -0.15) is 0 Å². The number of aliphatic hydroxyl groups is 1. The van der Waals surface area contributed by atoms with Crippen LogP contribution >= 0.6 is 11.6 Å². The number of amides is 1. The fourth-order valence-electron chi connectivity index (χ4n) is 4.27. The van der Waals surface area contributed by atoms with Crippen molar-refractivity contribution < 1.29 is 33.7 Å². The molecule has 1 amide bonds. The van der Waals surface area contributed by atoms with Gasteiger partial charge in [0, 0.05) is 16.8 Å². The van der Waals surface area contributed by atoms with E-state index in [2.05, 4.69) is 0 Å². The van der Waals surface area contributed by atoms with E-state index in [-0.39, 0.29) is 27.4 Å². The van der Waals surface area contributed by atoms with E-state index in [9.17, 15) is 19.5 Å². The quantitative estimate of drug-likeness (QED) is 0.198. The van der Waals surface area contributed by atoms with Gasteiger partial charge in [0.15, 0.2) is 0 Å². The first-order valence-corrected chi connectivity index (χ1v) is 11.7. The summed E-state index contributed by atoms with van der Waals surface area (Å²) < 4.78 is 15.9. The van der Waals surface area contributed by atoms with Gasteiger partial charge in [0.2, 0.25) is 0 Å². The third-order valence-corrected chi connectivity index (χ3v) is 6.26. The number of ketones is 1. The molecule has 1 fully saturated rings. The monoisotopic (exact) mass is 521 g/mol. The lowest BCUT2D eigenvalue weighted by atomic mass is 9.94. The van der Waals surface area contributed by atoms with E-state index in [4.69, 9.17) is 25.8 Å². The number of benzene rings is 3. The van der Waals surface area contributed by atoms with E-state index in [0.717, 1.165) is 0 Å². The van der Waals surface area contributed by atoms with Gasteiger partial charge in [0.05, 0.1) is 43.0 Å². The van der Waals surface area contributed by atoms with Gasteiger partial charge in [-0.15, -0.1) is 0 Å². The summed E-state index contributed by atoms with van der Waals surface area (Å²) in [6, 6.07) is 16.6. The number of esters is 1. The molecule has 8 nitrogen and oxygen atoms in total. The second kappa shape index (κ2) is 10.8. The molecule has 1 aliphatic heterocycles. The van der Waals surface area contributed by atoms with Crippen LogP contribution < -0.4 is 14.4 Å². The van der Waals surface area contributed by atoms with Crippen LogP contribution in [0.3, 0.4) is 0 Å². The molecule has 0 bridgehead atoms. The Balaban J connectivity index is 1.99. The van der Waals surface area contributed by atoms with Gasteiger partial charge < -0.3 is 19.3 Å². The lowest BCUT2D eigenvalue weighted by Gasteiger charge is -2.27. The molecule has 37 heavy (non-hydrogen) atoms. The number of carbonyl (C=O) groups excluding carboxylic acids is 3. The minimum atomic E-state index is -1.09. The van der Waals surface area contributed by atoms with Gasteiger partial charge in [-0.3, -0.25) is 14.5 Å². The molecule has 1 unspecified atom stereocenters. The molecular formula is C28H24ClNO7. The molecule has 4 rings (SSSR count). The predicted molar refractivity (Wildman–Crippen MR) is 138 cm³/mol. The van der Waals surface area contributed by atoms with Crippen LogP contribution in [0.2, 0.25) is 5.02 Å². The van der Waals surface area contributed by atoms with E-state index < -0.39 is 29.5 Å². The summed E-state index contributed by atoms with van der Waals surface area (Å²) in [6.45, 7) is 2.19. The maximum Gasteiger partial charge on any atom is 0.337 e. The molecule has 3 aromatic carbocycles. The molecule has 0 aliphatic carbocycles. The van der Waals surface area contributed by atoms with E-state index >= 15 is 0 Å². The number of rotatable bonds is 7. The van der Waals surface area contributed by atoms with Gasteiger partial charge in [0.1, 0.15) is 17.3 Å². The van der Waals surface area contributed by atoms with Gasteiger partial charge >= 0.3 is 5.97 Å². The Hall–Kier alpha value is -4.30. The number of carbonyl (C=O) groups is 3. The molecule has 9 heteroatoms. The van der Waals surface area contributed by atoms with E-state index in [1.54, 1.807) is 42.5 Å². The second-order valence-electron chi connectivity index (χ2n) is 8.03. The minimum absolute atomic E-state index is 0.133. The van der Waals surface area contributed by atoms with Gasteiger partial charge in [-0.05, 0) is 49.4 Å². The van der Waals surface area contributed by atoms with Crippen LogP contribution in [-0.4, -0.2) is 43.6 Å². The zero-order valence-electron chi connectivity index (χ0n) is 20.4. The Kier molecular flexibility index (Phi) is 7.50. The lowest BCUT2D eigenvalue weighted by Crippen LogP contribution is -2.29. The summed E-state index contributed by atoms with van der Waals surface area (Å²) in [5.41, 5.74) is 0.843. The van der Waals surface area contributed by atoms with E-state index in [1.165, 1.54) is 43.4 Å². The number of para-hydroxylation sites is 1. The Bertz CT molecular complexity index is 1420. The van der Waals surface area contributed by atoms with E-state index in [0.29, 0.717) is 23.7 Å². The van der Waals surface area contributed by atoms with Gasteiger partial charge in [-0.1, -0.05) is 35.9 Å². The van der Waals surface area contributed by atoms with Crippen LogP contribution in [-0.2, 0) is 14.3 Å². The minimum Gasteiger partial charge on any atom is -0.507 e. The van der Waals surface area contributed by atoms with Crippen LogP contribution in [0.25, 0.3) is 5.76 Å². The molecule has 0 saturated carbocycles. The highest BCUT2D eigenvalue weighted by atomic mass is 35.5. The Morgan fingerprint density at radius 1 is 1.03 bits per heavy atom. The fraction of sp³-hybridized carbons (Fsp3) is 0.179. The SMILES string of the molecule is CCOc1ccc(Cl)c(/C(O)=C2\C(=O)C(=O)N(c3cccc(C(=O)OC)c3)C2c2ccccc2OC)c1. The van der Waals surface area contributed by atoms with Crippen LogP contribution in [0.1, 0.15) is 34.5 Å². The van der Waals surface area contributed by atoms with Crippen LogP contribution in [0.5, 0.6) is 11.5 Å². The molecule has 0 spiro atoms. The Morgan fingerprint density at radius 3 is 2.49 bits per heavy atom.